The van der Waals surface area contributed by atoms with Gasteiger partial charge in [-0.2, -0.15) is 4.31 Å². The number of likely N-dealkylation sites (tertiary alicyclic amines) is 1. The van der Waals surface area contributed by atoms with Crippen molar-refractivity contribution in [3.8, 4) is 0 Å². The van der Waals surface area contributed by atoms with E-state index < -0.39 is 10.0 Å². The van der Waals surface area contributed by atoms with Crippen molar-refractivity contribution in [1.82, 2.24) is 14.1 Å². The van der Waals surface area contributed by atoms with Crippen LogP contribution >= 0.6 is 23.2 Å². The predicted octanol–water partition coefficient (Wildman–Crippen LogP) is 3.74. The van der Waals surface area contributed by atoms with Crippen molar-refractivity contribution < 1.29 is 13.2 Å². The predicted molar refractivity (Wildman–Crippen MR) is 126 cm³/mol. The van der Waals surface area contributed by atoms with Crippen LogP contribution in [0.3, 0.4) is 0 Å². The second-order valence-corrected chi connectivity index (χ2v) is 11.1. The molecule has 1 unspecified atom stereocenters. The summed E-state index contributed by atoms with van der Waals surface area (Å²) in [5.74, 6) is 0.0130. The van der Waals surface area contributed by atoms with Gasteiger partial charge in [-0.05, 0) is 43.7 Å². The molecular weight excluding hydrogens is 469 g/mol. The van der Waals surface area contributed by atoms with E-state index in [1.54, 1.807) is 30.3 Å². The molecule has 0 N–H and O–H groups in total. The highest BCUT2D eigenvalue weighted by molar-refractivity contribution is 7.89. The molecule has 0 aliphatic carbocycles. The van der Waals surface area contributed by atoms with Crippen LogP contribution in [0.2, 0.25) is 10.0 Å². The minimum absolute atomic E-state index is 0.0951. The number of carbonyl (C=O) groups is 1. The van der Waals surface area contributed by atoms with Gasteiger partial charge < -0.3 is 4.90 Å². The van der Waals surface area contributed by atoms with Crippen LogP contribution in [0.4, 0.5) is 0 Å². The number of amides is 1. The van der Waals surface area contributed by atoms with Gasteiger partial charge >= 0.3 is 0 Å². The molecule has 1 atom stereocenters. The topological polar surface area (TPSA) is 60.9 Å². The Labute approximate surface area is 199 Å². The highest BCUT2D eigenvalue weighted by Crippen LogP contribution is 2.28. The smallest absolute Gasteiger partial charge is 0.243 e. The Morgan fingerprint density at radius 3 is 2.22 bits per heavy atom. The third kappa shape index (κ3) is 5.13. The van der Waals surface area contributed by atoms with E-state index in [0.29, 0.717) is 54.2 Å². The van der Waals surface area contributed by atoms with Gasteiger partial charge in [0.05, 0.1) is 10.8 Å². The van der Waals surface area contributed by atoms with Crippen LogP contribution in [-0.2, 0) is 21.4 Å². The monoisotopic (exact) mass is 495 g/mol. The summed E-state index contributed by atoms with van der Waals surface area (Å²) in [5.41, 5.74) is 0.892. The molecule has 2 aromatic rings. The molecule has 0 bridgehead atoms. The molecule has 172 valence electrons. The molecule has 32 heavy (non-hydrogen) atoms. The summed E-state index contributed by atoms with van der Waals surface area (Å²) in [6.07, 6.45) is 1.77. The highest BCUT2D eigenvalue weighted by atomic mass is 35.5. The second kappa shape index (κ2) is 10.1. The lowest BCUT2D eigenvalue weighted by Crippen LogP contribution is -2.53. The lowest BCUT2D eigenvalue weighted by molar-refractivity contribution is -0.138. The van der Waals surface area contributed by atoms with Crippen LogP contribution in [-0.4, -0.2) is 67.7 Å². The fourth-order valence-electron chi connectivity index (χ4n) is 4.46. The molecule has 0 aromatic heterocycles. The van der Waals surface area contributed by atoms with E-state index in [1.165, 1.54) is 4.31 Å². The van der Waals surface area contributed by atoms with Crippen molar-refractivity contribution in [2.75, 3.05) is 39.3 Å². The number of sulfonamides is 1. The second-order valence-electron chi connectivity index (χ2n) is 8.32. The minimum Gasteiger partial charge on any atom is -0.340 e. The number of halogens is 2. The van der Waals surface area contributed by atoms with Crippen molar-refractivity contribution in [3.05, 3.63) is 64.1 Å². The van der Waals surface area contributed by atoms with E-state index in [1.807, 2.05) is 23.1 Å². The van der Waals surface area contributed by atoms with Gasteiger partial charge in [0.1, 0.15) is 0 Å². The molecule has 1 amide bonds. The Balaban J connectivity index is 1.35. The highest BCUT2D eigenvalue weighted by Gasteiger charge is 2.34. The maximum Gasteiger partial charge on any atom is 0.243 e. The van der Waals surface area contributed by atoms with E-state index in [0.717, 1.165) is 24.9 Å². The van der Waals surface area contributed by atoms with Gasteiger partial charge in [-0.25, -0.2) is 8.42 Å². The number of hydrogen-bond donors (Lipinski definition) is 0. The van der Waals surface area contributed by atoms with Crippen LogP contribution in [0.1, 0.15) is 18.4 Å². The third-order valence-corrected chi connectivity index (χ3v) is 8.85. The molecule has 2 heterocycles. The molecule has 9 heteroatoms. The number of benzene rings is 2. The van der Waals surface area contributed by atoms with Gasteiger partial charge in [0.2, 0.25) is 15.9 Å². The SMILES string of the molecule is O=C(C1CCCN(Cc2c(Cl)cccc2Cl)C1)N1CCN(S(=O)(=O)c2ccccc2)CC1. The first-order chi connectivity index (χ1) is 15.4. The zero-order valence-corrected chi connectivity index (χ0v) is 20.1. The molecule has 2 aromatic carbocycles. The summed E-state index contributed by atoms with van der Waals surface area (Å²) in [6, 6.07) is 13.9. The Morgan fingerprint density at radius 1 is 0.906 bits per heavy atom. The molecule has 6 nitrogen and oxygen atoms in total. The summed E-state index contributed by atoms with van der Waals surface area (Å²) in [7, 11) is -3.53. The standard InChI is InChI=1S/C23H27Cl2N3O3S/c24-21-9-4-10-22(25)20(21)17-26-11-5-6-18(16-26)23(29)27-12-14-28(15-13-27)32(30,31)19-7-2-1-3-8-19/h1-4,7-10,18H,5-6,11-17H2. The quantitative estimate of drug-likeness (QED) is 0.633. The van der Waals surface area contributed by atoms with Crippen molar-refractivity contribution in [3.63, 3.8) is 0 Å². The summed E-state index contributed by atoms with van der Waals surface area (Å²) < 4.78 is 27.1. The average Bonchev–Trinajstić information content (AvgIpc) is 2.82. The summed E-state index contributed by atoms with van der Waals surface area (Å²) in [5, 5.41) is 1.28. The number of piperidine rings is 1. The van der Waals surface area contributed by atoms with Gasteiger partial charge in [-0.3, -0.25) is 9.69 Å². The zero-order chi connectivity index (χ0) is 22.7. The van der Waals surface area contributed by atoms with Gasteiger partial charge in [0.15, 0.2) is 0 Å². The zero-order valence-electron chi connectivity index (χ0n) is 17.8. The van der Waals surface area contributed by atoms with Crippen LogP contribution in [0.15, 0.2) is 53.4 Å². The van der Waals surface area contributed by atoms with Gasteiger partial charge in [-0.1, -0.05) is 47.5 Å². The number of nitrogens with zero attached hydrogens (tertiary/aromatic N) is 3. The molecule has 0 radical (unpaired) electrons. The molecule has 0 saturated carbocycles. The summed E-state index contributed by atoms with van der Waals surface area (Å²) >= 11 is 12.6. The molecule has 2 fully saturated rings. The van der Waals surface area contributed by atoms with Gasteiger partial charge in [0.25, 0.3) is 0 Å². The Kier molecular flexibility index (Phi) is 7.42. The van der Waals surface area contributed by atoms with Gasteiger partial charge in [-0.15, -0.1) is 0 Å². The molecule has 2 aliphatic heterocycles. The fraction of sp³-hybridized carbons (Fsp3) is 0.435. The van der Waals surface area contributed by atoms with E-state index in [9.17, 15) is 13.2 Å². The fourth-order valence-corrected chi connectivity index (χ4v) is 6.42. The largest absolute Gasteiger partial charge is 0.340 e. The van der Waals surface area contributed by atoms with E-state index >= 15 is 0 Å². The summed E-state index contributed by atoms with van der Waals surface area (Å²) in [4.78, 5) is 17.5. The molecular formula is C23H27Cl2N3O3S. The third-order valence-electron chi connectivity index (χ3n) is 6.23. The molecule has 2 saturated heterocycles. The van der Waals surface area contributed by atoms with Gasteiger partial charge in [0, 0.05) is 54.9 Å². The van der Waals surface area contributed by atoms with Crippen LogP contribution < -0.4 is 0 Å². The Bertz CT molecular complexity index is 1040. The molecule has 2 aliphatic rings. The molecule has 0 spiro atoms. The number of piperazine rings is 1. The van der Waals surface area contributed by atoms with Crippen molar-refractivity contribution in [2.45, 2.75) is 24.3 Å². The maximum absolute atomic E-state index is 13.2. The first kappa shape index (κ1) is 23.5. The van der Waals surface area contributed by atoms with Crippen LogP contribution in [0.25, 0.3) is 0 Å². The van der Waals surface area contributed by atoms with E-state index in [-0.39, 0.29) is 11.8 Å². The van der Waals surface area contributed by atoms with E-state index in [2.05, 4.69) is 4.90 Å². The number of rotatable bonds is 5. The van der Waals surface area contributed by atoms with Crippen molar-refractivity contribution >= 4 is 39.1 Å². The van der Waals surface area contributed by atoms with Crippen LogP contribution in [0, 0.1) is 5.92 Å². The first-order valence-electron chi connectivity index (χ1n) is 10.9. The number of carbonyl (C=O) groups excluding carboxylic acids is 1. The minimum atomic E-state index is -3.53. The molecule has 4 rings (SSSR count). The summed E-state index contributed by atoms with van der Waals surface area (Å²) in [6.45, 7) is 3.63. The number of hydrogen-bond acceptors (Lipinski definition) is 4. The first-order valence-corrected chi connectivity index (χ1v) is 13.0. The maximum atomic E-state index is 13.2. The van der Waals surface area contributed by atoms with Crippen molar-refractivity contribution in [1.29, 1.82) is 0 Å². The van der Waals surface area contributed by atoms with Crippen molar-refractivity contribution in [2.24, 2.45) is 5.92 Å². The normalized spacial score (nSPS) is 20.9. The Morgan fingerprint density at radius 2 is 1.56 bits per heavy atom. The van der Waals surface area contributed by atoms with Crippen LogP contribution in [0.5, 0.6) is 0 Å². The van der Waals surface area contributed by atoms with E-state index in [4.69, 9.17) is 23.2 Å². The average molecular weight is 496 g/mol. The lowest BCUT2D eigenvalue weighted by atomic mass is 9.95. The lowest BCUT2D eigenvalue weighted by Gasteiger charge is -2.38. The Hall–Kier alpha value is -1.64.